The number of hydrogen-bond acceptors (Lipinski definition) is 5. The van der Waals surface area contributed by atoms with Crippen LogP contribution in [0.4, 0.5) is 14.8 Å². The number of oxazole rings is 1. The summed E-state index contributed by atoms with van der Waals surface area (Å²) in [5.41, 5.74) is 1.37. The fraction of sp³-hybridized carbons (Fsp3) is 0.235. The average molecular weight is 379 g/mol. The SMILES string of the molecule is O=S(=O)(c1cc(F)ccc1F)N1CCN(c2nc3ccccc3o2)CC1. The van der Waals surface area contributed by atoms with Gasteiger partial charge < -0.3 is 9.32 Å². The smallest absolute Gasteiger partial charge is 0.298 e. The largest absolute Gasteiger partial charge is 0.423 e. The Balaban J connectivity index is 1.53. The van der Waals surface area contributed by atoms with Gasteiger partial charge in [0.05, 0.1) is 0 Å². The molecule has 136 valence electrons. The van der Waals surface area contributed by atoms with E-state index in [1.54, 1.807) is 6.07 Å². The molecule has 1 aromatic heterocycles. The molecule has 2 heterocycles. The van der Waals surface area contributed by atoms with Gasteiger partial charge in [-0.2, -0.15) is 9.29 Å². The van der Waals surface area contributed by atoms with Gasteiger partial charge >= 0.3 is 0 Å². The van der Waals surface area contributed by atoms with E-state index < -0.39 is 26.6 Å². The Morgan fingerprint density at radius 3 is 2.46 bits per heavy atom. The zero-order chi connectivity index (χ0) is 18.3. The number of hydrogen-bond donors (Lipinski definition) is 0. The molecule has 0 radical (unpaired) electrons. The van der Waals surface area contributed by atoms with Gasteiger partial charge in [0.25, 0.3) is 6.01 Å². The lowest BCUT2D eigenvalue weighted by Crippen LogP contribution is -2.49. The monoisotopic (exact) mass is 379 g/mol. The van der Waals surface area contributed by atoms with Gasteiger partial charge in [-0.1, -0.05) is 12.1 Å². The highest BCUT2D eigenvalue weighted by molar-refractivity contribution is 7.89. The van der Waals surface area contributed by atoms with Crippen LogP contribution in [0.15, 0.2) is 51.8 Å². The number of para-hydroxylation sites is 2. The van der Waals surface area contributed by atoms with E-state index in [1.807, 2.05) is 23.1 Å². The van der Waals surface area contributed by atoms with E-state index in [9.17, 15) is 17.2 Å². The number of benzene rings is 2. The second-order valence-electron chi connectivity index (χ2n) is 5.93. The Hall–Kier alpha value is -2.52. The second kappa shape index (κ2) is 6.33. The van der Waals surface area contributed by atoms with Crippen LogP contribution in [0.25, 0.3) is 11.1 Å². The van der Waals surface area contributed by atoms with Gasteiger partial charge in [0, 0.05) is 26.2 Å². The van der Waals surface area contributed by atoms with Crippen molar-refractivity contribution in [1.82, 2.24) is 9.29 Å². The average Bonchev–Trinajstić information content (AvgIpc) is 3.08. The van der Waals surface area contributed by atoms with Crippen LogP contribution in [0.5, 0.6) is 0 Å². The maximum Gasteiger partial charge on any atom is 0.298 e. The highest BCUT2D eigenvalue weighted by atomic mass is 32.2. The van der Waals surface area contributed by atoms with Gasteiger partial charge in [0.1, 0.15) is 22.0 Å². The zero-order valence-corrected chi connectivity index (χ0v) is 14.4. The molecule has 1 aliphatic rings. The van der Waals surface area contributed by atoms with Crippen molar-refractivity contribution in [3.8, 4) is 0 Å². The standard InChI is InChI=1S/C17H15F2N3O3S/c18-12-5-6-13(19)16(11-12)26(23,24)22-9-7-21(8-10-22)17-20-14-3-1-2-4-15(14)25-17/h1-6,11H,7-10H2. The van der Waals surface area contributed by atoms with Crippen LogP contribution in [0.3, 0.4) is 0 Å². The summed E-state index contributed by atoms with van der Waals surface area (Å²) in [6.07, 6.45) is 0. The number of sulfonamides is 1. The molecule has 0 amide bonds. The van der Waals surface area contributed by atoms with Crippen molar-refractivity contribution in [2.75, 3.05) is 31.1 Å². The molecule has 0 saturated carbocycles. The molecule has 1 saturated heterocycles. The predicted molar refractivity (Wildman–Crippen MR) is 91.3 cm³/mol. The molecular weight excluding hydrogens is 364 g/mol. The van der Waals surface area contributed by atoms with Crippen LogP contribution in [0.2, 0.25) is 0 Å². The van der Waals surface area contributed by atoms with Crippen LogP contribution in [0, 0.1) is 11.6 Å². The summed E-state index contributed by atoms with van der Waals surface area (Å²) in [7, 11) is -4.10. The Morgan fingerprint density at radius 1 is 1.00 bits per heavy atom. The number of aromatic nitrogens is 1. The number of anilines is 1. The molecule has 26 heavy (non-hydrogen) atoms. The number of piperazine rings is 1. The third-order valence-corrected chi connectivity index (χ3v) is 6.22. The summed E-state index contributed by atoms with van der Waals surface area (Å²) < 4.78 is 59.3. The fourth-order valence-electron chi connectivity index (χ4n) is 2.93. The van der Waals surface area contributed by atoms with E-state index in [0.29, 0.717) is 30.8 Å². The minimum atomic E-state index is -4.10. The lowest BCUT2D eigenvalue weighted by molar-refractivity contribution is 0.371. The van der Waals surface area contributed by atoms with Crippen LogP contribution >= 0.6 is 0 Å². The molecule has 0 N–H and O–H groups in total. The Bertz CT molecular complexity index is 1030. The second-order valence-corrected chi connectivity index (χ2v) is 7.84. The van der Waals surface area contributed by atoms with Crippen molar-refractivity contribution in [2.45, 2.75) is 4.90 Å². The summed E-state index contributed by atoms with van der Waals surface area (Å²) in [5.74, 6) is -1.76. The first-order chi connectivity index (χ1) is 12.4. The summed E-state index contributed by atoms with van der Waals surface area (Å²) in [4.78, 5) is 5.57. The summed E-state index contributed by atoms with van der Waals surface area (Å²) in [6.45, 7) is 0.917. The van der Waals surface area contributed by atoms with Crippen molar-refractivity contribution in [3.63, 3.8) is 0 Å². The van der Waals surface area contributed by atoms with E-state index >= 15 is 0 Å². The van der Waals surface area contributed by atoms with Crippen LogP contribution in [0.1, 0.15) is 0 Å². The van der Waals surface area contributed by atoms with Gasteiger partial charge in [-0.05, 0) is 30.3 Å². The van der Waals surface area contributed by atoms with E-state index in [1.165, 1.54) is 0 Å². The molecule has 0 atom stereocenters. The topological polar surface area (TPSA) is 66.7 Å². The van der Waals surface area contributed by atoms with Gasteiger partial charge in [-0.25, -0.2) is 17.2 Å². The Morgan fingerprint density at radius 2 is 1.73 bits per heavy atom. The number of fused-ring (bicyclic) bond motifs is 1. The third kappa shape index (κ3) is 2.93. The van der Waals surface area contributed by atoms with E-state index in [4.69, 9.17) is 4.42 Å². The molecule has 0 bridgehead atoms. The molecule has 0 unspecified atom stereocenters. The number of rotatable bonds is 3. The van der Waals surface area contributed by atoms with E-state index in [0.717, 1.165) is 22.0 Å². The van der Waals surface area contributed by atoms with Crippen molar-refractivity contribution in [1.29, 1.82) is 0 Å². The molecule has 1 fully saturated rings. The number of nitrogens with zero attached hydrogens (tertiary/aromatic N) is 3. The zero-order valence-electron chi connectivity index (χ0n) is 13.6. The highest BCUT2D eigenvalue weighted by Gasteiger charge is 2.32. The van der Waals surface area contributed by atoms with E-state index in [-0.39, 0.29) is 13.1 Å². The summed E-state index contributed by atoms with van der Waals surface area (Å²) in [6, 6.07) is 10.2. The highest BCUT2D eigenvalue weighted by Crippen LogP contribution is 2.25. The lowest BCUT2D eigenvalue weighted by atomic mass is 10.3. The van der Waals surface area contributed by atoms with Gasteiger partial charge in [0.2, 0.25) is 10.0 Å². The van der Waals surface area contributed by atoms with Gasteiger partial charge in [0.15, 0.2) is 5.58 Å². The van der Waals surface area contributed by atoms with Crippen LogP contribution < -0.4 is 4.90 Å². The first-order valence-corrected chi connectivity index (χ1v) is 9.45. The maximum atomic E-state index is 13.9. The Labute approximate surface area is 148 Å². The predicted octanol–water partition coefficient (Wildman–Crippen LogP) is 2.62. The molecule has 0 spiro atoms. The lowest BCUT2D eigenvalue weighted by Gasteiger charge is -2.33. The molecule has 4 rings (SSSR count). The fourth-order valence-corrected chi connectivity index (χ4v) is 4.43. The van der Waals surface area contributed by atoms with Crippen molar-refractivity contribution < 1.29 is 21.6 Å². The normalized spacial score (nSPS) is 16.3. The maximum absolute atomic E-state index is 13.9. The molecule has 1 aliphatic heterocycles. The quantitative estimate of drug-likeness (QED) is 0.700. The van der Waals surface area contributed by atoms with Crippen molar-refractivity contribution in [3.05, 3.63) is 54.1 Å². The van der Waals surface area contributed by atoms with Crippen LogP contribution in [-0.2, 0) is 10.0 Å². The molecule has 9 heteroatoms. The minimum Gasteiger partial charge on any atom is -0.423 e. The molecule has 2 aromatic carbocycles. The van der Waals surface area contributed by atoms with Gasteiger partial charge in [-0.15, -0.1) is 0 Å². The third-order valence-electron chi connectivity index (χ3n) is 4.30. The van der Waals surface area contributed by atoms with Crippen molar-refractivity contribution >= 4 is 27.1 Å². The molecule has 6 nitrogen and oxygen atoms in total. The summed E-state index contributed by atoms with van der Waals surface area (Å²) in [5, 5.41) is 0. The van der Waals surface area contributed by atoms with Crippen LogP contribution in [-0.4, -0.2) is 43.9 Å². The molecular formula is C17H15F2N3O3S. The van der Waals surface area contributed by atoms with Crippen molar-refractivity contribution in [2.24, 2.45) is 0 Å². The molecule has 0 aliphatic carbocycles. The summed E-state index contributed by atoms with van der Waals surface area (Å²) >= 11 is 0. The van der Waals surface area contributed by atoms with Gasteiger partial charge in [-0.3, -0.25) is 0 Å². The first-order valence-electron chi connectivity index (χ1n) is 8.01. The minimum absolute atomic E-state index is 0.122. The number of halogens is 2. The molecule has 3 aromatic rings. The van der Waals surface area contributed by atoms with E-state index in [2.05, 4.69) is 4.98 Å². The Kier molecular flexibility index (Phi) is 4.12. The first kappa shape index (κ1) is 16.9.